The fourth-order valence-corrected chi connectivity index (χ4v) is 3.81. The summed E-state index contributed by atoms with van der Waals surface area (Å²) in [4.78, 5) is 26.6. The van der Waals surface area contributed by atoms with Crippen LogP contribution < -0.4 is 5.32 Å². The highest BCUT2D eigenvalue weighted by Crippen LogP contribution is 2.26. The van der Waals surface area contributed by atoms with Crippen molar-refractivity contribution in [2.45, 2.75) is 32.1 Å². The zero-order chi connectivity index (χ0) is 17.2. The molecule has 0 atom stereocenters. The summed E-state index contributed by atoms with van der Waals surface area (Å²) < 4.78 is 4.97. The van der Waals surface area contributed by atoms with Crippen LogP contribution in [0, 0.1) is 5.92 Å². The maximum Gasteiger partial charge on any atom is 0.257 e. The van der Waals surface area contributed by atoms with Gasteiger partial charge in [0.2, 0.25) is 5.91 Å². The minimum atomic E-state index is -0.0401. The molecule has 1 N–H and O–H groups in total. The first-order valence-electron chi connectivity index (χ1n) is 8.95. The molecular weight excluding hydrogens is 316 g/mol. The van der Waals surface area contributed by atoms with Crippen molar-refractivity contribution in [1.29, 1.82) is 0 Å². The second-order valence-corrected chi connectivity index (χ2v) is 6.90. The predicted molar refractivity (Wildman–Crippen MR) is 94.4 cm³/mol. The van der Waals surface area contributed by atoms with Crippen molar-refractivity contribution >= 4 is 17.5 Å². The van der Waals surface area contributed by atoms with Crippen molar-refractivity contribution in [1.82, 2.24) is 4.90 Å². The molecule has 2 amide bonds. The molecule has 1 saturated heterocycles. The molecule has 130 valence electrons. The number of piperidine rings is 1. The Labute approximate surface area is 147 Å². The molecule has 0 bridgehead atoms. The minimum Gasteiger partial charge on any atom is -0.472 e. The third-order valence-corrected chi connectivity index (χ3v) is 5.29. The van der Waals surface area contributed by atoms with Crippen molar-refractivity contribution in [3.05, 3.63) is 53.5 Å². The van der Waals surface area contributed by atoms with Crippen LogP contribution in [0.3, 0.4) is 0 Å². The first kappa shape index (κ1) is 15.9. The second-order valence-electron chi connectivity index (χ2n) is 6.90. The molecule has 0 unspecified atom stereocenters. The number of benzene rings is 1. The Kier molecular flexibility index (Phi) is 4.30. The average molecular weight is 338 g/mol. The summed E-state index contributed by atoms with van der Waals surface area (Å²) in [6.07, 6.45) is 7.82. The van der Waals surface area contributed by atoms with Gasteiger partial charge in [0.15, 0.2) is 0 Å². The van der Waals surface area contributed by atoms with Crippen LogP contribution in [0.5, 0.6) is 0 Å². The fourth-order valence-electron chi connectivity index (χ4n) is 3.81. The van der Waals surface area contributed by atoms with Gasteiger partial charge in [-0.05, 0) is 61.4 Å². The molecule has 1 fully saturated rings. The smallest absolute Gasteiger partial charge is 0.257 e. The highest BCUT2D eigenvalue weighted by molar-refractivity contribution is 5.95. The maximum atomic E-state index is 12.5. The lowest BCUT2D eigenvalue weighted by Gasteiger charge is -2.31. The number of aryl methyl sites for hydroxylation is 2. The van der Waals surface area contributed by atoms with Gasteiger partial charge in [-0.2, -0.15) is 0 Å². The zero-order valence-corrected chi connectivity index (χ0v) is 14.2. The van der Waals surface area contributed by atoms with Crippen LogP contribution in [0.4, 0.5) is 5.69 Å². The van der Waals surface area contributed by atoms with E-state index in [0.717, 1.165) is 18.5 Å². The molecule has 0 saturated carbocycles. The molecule has 25 heavy (non-hydrogen) atoms. The Morgan fingerprint density at radius 3 is 2.64 bits per heavy atom. The van der Waals surface area contributed by atoms with Gasteiger partial charge in [0.05, 0.1) is 11.8 Å². The quantitative estimate of drug-likeness (QED) is 0.934. The van der Waals surface area contributed by atoms with Crippen LogP contribution in [0.1, 0.15) is 40.7 Å². The van der Waals surface area contributed by atoms with E-state index in [1.54, 1.807) is 11.0 Å². The lowest BCUT2D eigenvalue weighted by molar-refractivity contribution is -0.121. The van der Waals surface area contributed by atoms with Gasteiger partial charge in [-0.25, -0.2) is 0 Å². The number of hydrogen-bond donors (Lipinski definition) is 1. The second kappa shape index (κ2) is 6.75. The van der Waals surface area contributed by atoms with E-state index in [4.69, 9.17) is 4.42 Å². The molecule has 1 aromatic carbocycles. The monoisotopic (exact) mass is 338 g/mol. The number of nitrogens with zero attached hydrogens (tertiary/aromatic N) is 1. The van der Waals surface area contributed by atoms with Crippen molar-refractivity contribution in [2.75, 3.05) is 18.4 Å². The molecule has 0 spiro atoms. The Hall–Kier alpha value is -2.56. The molecular formula is C20H22N2O3. The van der Waals surface area contributed by atoms with E-state index >= 15 is 0 Å². The van der Waals surface area contributed by atoms with Gasteiger partial charge < -0.3 is 14.6 Å². The molecule has 2 heterocycles. The topological polar surface area (TPSA) is 62.6 Å². The Bertz CT molecular complexity index is 774. The Morgan fingerprint density at radius 1 is 1.08 bits per heavy atom. The highest BCUT2D eigenvalue weighted by atomic mass is 16.3. The number of furan rings is 1. The number of carbonyl (C=O) groups is 2. The Balaban J connectivity index is 1.33. The summed E-state index contributed by atoms with van der Waals surface area (Å²) in [5.41, 5.74) is 4.23. The molecule has 1 aromatic heterocycles. The van der Waals surface area contributed by atoms with Crippen LogP contribution >= 0.6 is 0 Å². The summed E-state index contributed by atoms with van der Waals surface area (Å²) in [5.74, 6) is 0.00115. The van der Waals surface area contributed by atoms with Gasteiger partial charge in [-0.15, -0.1) is 0 Å². The van der Waals surface area contributed by atoms with Gasteiger partial charge >= 0.3 is 0 Å². The van der Waals surface area contributed by atoms with Gasteiger partial charge in [0.25, 0.3) is 5.91 Å². The predicted octanol–water partition coefficient (Wildman–Crippen LogP) is 3.26. The van der Waals surface area contributed by atoms with Crippen LogP contribution in [0.15, 0.2) is 41.2 Å². The first-order valence-corrected chi connectivity index (χ1v) is 8.95. The van der Waals surface area contributed by atoms with Gasteiger partial charge in [-0.1, -0.05) is 6.07 Å². The Morgan fingerprint density at radius 2 is 1.88 bits per heavy atom. The van der Waals surface area contributed by atoms with Crippen molar-refractivity contribution < 1.29 is 14.0 Å². The van der Waals surface area contributed by atoms with Gasteiger partial charge in [0, 0.05) is 24.7 Å². The first-order chi connectivity index (χ1) is 12.2. The molecule has 5 nitrogen and oxygen atoms in total. The highest BCUT2D eigenvalue weighted by Gasteiger charge is 2.28. The van der Waals surface area contributed by atoms with E-state index in [2.05, 4.69) is 17.4 Å². The number of rotatable bonds is 3. The van der Waals surface area contributed by atoms with Crippen molar-refractivity contribution in [2.24, 2.45) is 5.92 Å². The molecule has 2 aliphatic rings. The van der Waals surface area contributed by atoms with E-state index in [1.807, 2.05) is 6.07 Å². The number of anilines is 1. The number of hydrogen-bond acceptors (Lipinski definition) is 3. The molecule has 0 radical (unpaired) electrons. The fraction of sp³-hybridized carbons (Fsp3) is 0.400. The summed E-state index contributed by atoms with van der Waals surface area (Å²) in [7, 11) is 0. The SMILES string of the molecule is O=C(Nc1ccc2c(c1)CCC2)C1CCN(C(=O)c2ccoc2)CC1. The van der Waals surface area contributed by atoms with E-state index in [1.165, 1.54) is 30.1 Å². The van der Waals surface area contributed by atoms with E-state index in [9.17, 15) is 9.59 Å². The zero-order valence-electron chi connectivity index (χ0n) is 14.2. The third kappa shape index (κ3) is 3.31. The number of likely N-dealkylation sites (tertiary alicyclic amines) is 1. The molecule has 4 rings (SSSR count). The van der Waals surface area contributed by atoms with E-state index < -0.39 is 0 Å². The summed E-state index contributed by atoms with van der Waals surface area (Å²) in [6, 6.07) is 7.91. The largest absolute Gasteiger partial charge is 0.472 e. The summed E-state index contributed by atoms with van der Waals surface area (Å²) in [5, 5.41) is 3.06. The van der Waals surface area contributed by atoms with Crippen molar-refractivity contribution in [3.63, 3.8) is 0 Å². The number of nitrogens with one attached hydrogen (secondary N) is 1. The lowest BCUT2D eigenvalue weighted by Crippen LogP contribution is -2.41. The summed E-state index contributed by atoms with van der Waals surface area (Å²) in [6.45, 7) is 1.21. The average Bonchev–Trinajstić information content (AvgIpc) is 3.32. The van der Waals surface area contributed by atoms with Crippen LogP contribution in [0.2, 0.25) is 0 Å². The van der Waals surface area contributed by atoms with Gasteiger partial charge in [0.1, 0.15) is 6.26 Å². The molecule has 2 aromatic rings. The molecule has 1 aliphatic heterocycles. The van der Waals surface area contributed by atoms with Gasteiger partial charge in [-0.3, -0.25) is 9.59 Å². The number of fused-ring (bicyclic) bond motifs is 1. The van der Waals surface area contributed by atoms with Crippen LogP contribution in [-0.2, 0) is 17.6 Å². The van der Waals surface area contributed by atoms with Crippen LogP contribution in [0.25, 0.3) is 0 Å². The van der Waals surface area contributed by atoms with Crippen molar-refractivity contribution in [3.8, 4) is 0 Å². The standard InChI is InChI=1S/C20H22N2O3/c23-19(21-18-5-4-14-2-1-3-16(14)12-18)15-6-9-22(10-7-15)20(24)17-8-11-25-13-17/h4-5,8,11-13,15H,1-3,6-7,9-10H2,(H,21,23). The lowest BCUT2D eigenvalue weighted by atomic mass is 9.95. The summed E-state index contributed by atoms with van der Waals surface area (Å²) >= 11 is 0. The third-order valence-electron chi connectivity index (χ3n) is 5.29. The van der Waals surface area contributed by atoms with E-state index in [0.29, 0.717) is 31.5 Å². The number of amides is 2. The normalized spacial score (nSPS) is 17.4. The van der Waals surface area contributed by atoms with Crippen LogP contribution in [-0.4, -0.2) is 29.8 Å². The maximum absolute atomic E-state index is 12.5. The number of carbonyl (C=O) groups excluding carboxylic acids is 2. The molecule has 5 heteroatoms. The van der Waals surface area contributed by atoms with E-state index in [-0.39, 0.29) is 17.7 Å². The minimum absolute atomic E-state index is 0.0220. The molecule has 1 aliphatic carbocycles.